The number of pyridine rings is 1. The summed E-state index contributed by atoms with van der Waals surface area (Å²) in [6.45, 7) is 13.8. The van der Waals surface area contributed by atoms with Gasteiger partial charge in [0.25, 0.3) is 0 Å². The standard InChI is InChI=1S/C35H47FN2O/c1-6-8-12-28-13-9-10-14-29(28)17-19-31(27(5)26(3)4)32-20-18-30-15-11-16-33(34(30)37-32)39-25-35(36)21-23-38(7-2)24-22-35/h9-16,18,20,26,29H,6-8,17,19,21-25H2,1-5H3. The van der Waals surface area contributed by atoms with Gasteiger partial charge >= 0.3 is 0 Å². The molecule has 0 radical (unpaired) electrons. The van der Waals surface area contributed by atoms with Crippen LogP contribution in [0.1, 0.15) is 78.8 Å². The summed E-state index contributed by atoms with van der Waals surface area (Å²) in [6, 6.07) is 10.3. The minimum atomic E-state index is -1.28. The van der Waals surface area contributed by atoms with E-state index >= 15 is 4.39 Å². The molecule has 1 aliphatic heterocycles. The maximum atomic E-state index is 15.6. The number of para-hydroxylation sites is 1. The molecule has 2 heterocycles. The van der Waals surface area contributed by atoms with E-state index in [9.17, 15) is 0 Å². The molecule has 0 N–H and O–H groups in total. The van der Waals surface area contributed by atoms with Crippen LogP contribution in [0, 0.1) is 11.8 Å². The van der Waals surface area contributed by atoms with Crippen molar-refractivity contribution in [2.45, 2.75) is 78.8 Å². The molecule has 0 amide bonds. The quantitative estimate of drug-likeness (QED) is 0.290. The van der Waals surface area contributed by atoms with Crippen LogP contribution < -0.4 is 4.74 Å². The summed E-state index contributed by atoms with van der Waals surface area (Å²) in [6.07, 6.45) is 16.6. The minimum Gasteiger partial charge on any atom is -0.488 e. The van der Waals surface area contributed by atoms with Crippen molar-refractivity contribution in [1.29, 1.82) is 0 Å². The van der Waals surface area contributed by atoms with Crippen molar-refractivity contribution in [3.63, 3.8) is 0 Å². The number of ether oxygens (including phenoxy) is 1. The molecule has 1 saturated heterocycles. The Bertz CT molecular complexity index is 1230. The van der Waals surface area contributed by atoms with Crippen LogP contribution in [0.3, 0.4) is 0 Å². The Morgan fingerprint density at radius 1 is 1.15 bits per heavy atom. The van der Waals surface area contributed by atoms with Crippen molar-refractivity contribution >= 4 is 16.5 Å². The van der Waals surface area contributed by atoms with E-state index in [-0.39, 0.29) is 6.61 Å². The monoisotopic (exact) mass is 530 g/mol. The van der Waals surface area contributed by atoms with Crippen molar-refractivity contribution in [2.24, 2.45) is 11.8 Å². The average molecular weight is 531 g/mol. The Morgan fingerprint density at radius 3 is 2.67 bits per heavy atom. The second-order valence-corrected chi connectivity index (χ2v) is 11.6. The molecule has 0 spiro atoms. The Balaban J connectivity index is 1.57. The zero-order chi connectivity index (χ0) is 27.8. The second kappa shape index (κ2) is 13.6. The van der Waals surface area contributed by atoms with Crippen molar-refractivity contribution in [2.75, 3.05) is 26.2 Å². The summed E-state index contributed by atoms with van der Waals surface area (Å²) in [5, 5.41) is 1.02. The second-order valence-electron chi connectivity index (χ2n) is 11.6. The number of alkyl halides is 1. The van der Waals surface area contributed by atoms with Crippen LogP contribution in [0.25, 0.3) is 16.5 Å². The third kappa shape index (κ3) is 7.48. The molecule has 210 valence electrons. The molecular formula is C35H47FN2O. The summed E-state index contributed by atoms with van der Waals surface area (Å²) in [4.78, 5) is 7.47. The van der Waals surface area contributed by atoms with Crippen molar-refractivity contribution in [3.05, 3.63) is 77.6 Å². The van der Waals surface area contributed by atoms with Gasteiger partial charge in [-0.15, -0.1) is 0 Å². The molecular weight excluding hydrogens is 483 g/mol. The molecule has 4 rings (SSSR count). The number of benzene rings is 1. The van der Waals surface area contributed by atoms with Crippen LogP contribution in [-0.2, 0) is 0 Å². The highest BCUT2D eigenvalue weighted by molar-refractivity contribution is 5.86. The van der Waals surface area contributed by atoms with Gasteiger partial charge in [-0.1, -0.05) is 88.3 Å². The molecule has 1 fully saturated rings. The van der Waals surface area contributed by atoms with Crippen molar-refractivity contribution in [3.8, 4) is 5.75 Å². The fourth-order valence-electron chi connectivity index (χ4n) is 5.59. The van der Waals surface area contributed by atoms with Gasteiger partial charge < -0.3 is 9.64 Å². The molecule has 1 unspecified atom stereocenters. The third-order valence-electron chi connectivity index (χ3n) is 8.57. The highest BCUT2D eigenvalue weighted by atomic mass is 19.1. The number of rotatable bonds is 11. The number of allylic oxidation sites excluding steroid dienone is 8. The molecule has 1 atom stereocenters. The van der Waals surface area contributed by atoms with Gasteiger partial charge in [0.05, 0.1) is 5.69 Å². The number of piperidine rings is 1. The van der Waals surface area contributed by atoms with E-state index in [0.717, 1.165) is 61.9 Å². The van der Waals surface area contributed by atoms with E-state index in [1.807, 2.05) is 12.1 Å². The molecule has 4 heteroatoms. The first-order valence-corrected chi connectivity index (χ1v) is 15.0. The highest BCUT2D eigenvalue weighted by Crippen LogP contribution is 2.35. The lowest BCUT2D eigenvalue weighted by atomic mass is 9.85. The average Bonchev–Trinajstić information content (AvgIpc) is 2.95. The van der Waals surface area contributed by atoms with Crippen LogP contribution in [-0.4, -0.2) is 41.8 Å². The van der Waals surface area contributed by atoms with Gasteiger partial charge in [-0.25, -0.2) is 9.37 Å². The van der Waals surface area contributed by atoms with E-state index in [4.69, 9.17) is 9.72 Å². The molecule has 3 nitrogen and oxygen atoms in total. The Hall–Kier alpha value is -2.72. The SMILES string of the molecule is CCCC=C1C=CC=CC1CCC(=C(C)C(C)C)c1ccc2cccc(OCC3(F)CCN(CC)CC3)c2n1. The third-order valence-corrected chi connectivity index (χ3v) is 8.57. The van der Waals surface area contributed by atoms with Gasteiger partial charge in [0.15, 0.2) is 0 Å². The van der Waals surface area contributed by atoms with E-state index in [1.54, 1.807) is 0 Å². The fourth-order valence-corrected chi connectivity index (χ4v) is 5.59. The molecule has 0 bridgehead atoms. The van der Waals surface area contributed by atoms with Crippen molar-refractivity contribution < 1.29 is 9.13 Å². The van der Waals surface area contributed by atoms with Gasteiger partial charge in [-0.3, -0.25) is 0 Å². The lowest BCUT2D eigenvalue weighted by molar-refractivity contribution is 0.0194. The smallest absolute Gasteiger partial charge is 0.147 e. The molecule has 2 aromatic rings. The van der Waals surface area contributed by atoms with Crippen LogP contribution in [0.4, 0.5) is 4.39 Å². The summed E-state index contributed by atoms with van der Waals surface area (Å²) >= 11 is 0. The molecule has 0 saturated carbocycles. The van der Waals surface area contributed by atoms with Crippen LogP contribution >= 0.6 is 0 Å². The minimum absolute atomic E-state index is 0.0810. The topological polar surface area (TPSA) is 25.4 Å². The van der Waals surface area contributed by atoms with Gasteiger partial charge in [0, 0.05) is 24.4 Å². The van der Waals surface area contributed by atoms with Crippen LogP contribution in [0.2, 0.25) is 0 Å². The number of likely N-dealkylation sites (tertiary alicyclic amines) is 1. The number of nitrogens with zero attached hydrogens (tertiary/aromatic N) is 2. The van der Waals surface area contributed by atoms with Crippen LogP contribution in [0.15, 0.2) is 71.9 Å². The lowest BCUT2D eigenvalue weighted by Gasteiger charge is -2.35. The fraction of sp³-hybridized carbons (Fsp3) is 0.514. The van der Waals surface area contributed by atoms with E-state index in [2.05, 4.69) is 88.1 Å². The lowest BCUT2D eigenvalue weighted by Crippen LogP contribution is -2.44. The number of aromatic nitrogens is 1. The summed E-state index contributed by atoms with van der Waals surface area (Å²) in [5.41, 5.74) is 4.66. The zero-order valence-corrected chi connectivity index (χ0v) is 24.7. The summed E-state index contributed by atoms with van der Waals surface area (Å²) < 4.78 is 21.7. The van der Waals surface area contributed by atoms with E-state index in [1.165, 1.54) is 16.7 Å². The number of unbranched alkanes of at least 4 members (excludes halogenated alkanes) is 1. The number of halogens is 1. The molecule has 1 aromatic heterocycles. The Morgan fingerprint density at radius 2 is 1.95 bits per heavy atom. The predicted molar refractivity (Wildman–Crippen MR) is 164 cm³/mol. The van der Waals surface area contributed by atoms with Crippen LogP contribution in [0.5, 0.6) is 5.75 Å². The molecule has 1 aromatic carbocycles. The maximum Gasteiger partial charge on any atom is 0.147 e. The number of fused-ring (bicyclic) bond motifs is 1. The Labute approximate surface area is 235 Å². The molecule has 39 heavy (non-hydrogen) atoms. The zero-order valence-electron chi connectivity index (χ0n) is 24.7. The van der Waals surface area contributed by atoms with Gasteiger partial charge in [-0.2, -0.15) is 0 Å². The van der Waals surface area contributed by atoms with Gasteiger partial charge in [0.1, 0.15) is 23.5 Å². The maximum absolute atomic E-state index is 15.6. The summed E-state index contributed by atoms with van der Waals surface area (Å²) in [7, 11) is 0. The van der Waals surface area contributed by atoms with Crippen molar-refractivity contribution in [1.82, 2.24) is 9.88 Å². The largest absolute Gasteiger partial charge is 0.488 e. The molecule has 2 aliphatic rings. The normalized spacial score (nSPS) is 21.1. The summed E-state index contributed by atoms with van der Waals surface area (Å²) in [5.74, 6) is 1.54. The van der Waals surface area contributed by atoms with E-state index < -0.39 is 5.67 Å². The Kier molecular flexibility index (Phi) is 10.2. The predicted octanol–water partition coefficient (Wildman–Crippen LogP) is 9.12. The van der Waals surface area contributed by atoms with Gasteiger partial charge in [0.2, 0.25) is 0 Å². The number of hydrogen-bond donors (Lipinski definition) is 0. The molecule has 1 aliphatic carbocycles. The van der Waals surface area contributed by atoms with Gasteiger partial charge in [-0.05, 0) is 74.8 Å². The number of hydrogen-bond acceptors (Lipinski definition) is 3. The first kappa shape index (κ1) is 29.3. The first-order valence-electron chi connectivity index (χ1n) is 15.0. The first-order chi connectivity index (χ1) is 18.8. The highest BCUT2D eigenvalue weighted by Gasteiger charge is 2.35. The van der Waals surface area contributed by atoms with E-state index in [0.29, 0.717) is 30.4 Å².